The molecule has 0 aromatic heterocycles. The van der Waals surface area contributed by atoms with Crippen LogP contribution in [-0.2, 0) is 9.59 Å². The fourth-order valence-electron chi connectivity index (χ4n) is 2.87. The minimum atomic E-state index is -0.467. The van der Waals surface area contributed by atoms with Crippen LogP contribution in [0.2, 0.25) is 0 Å². The summed E-state index contributed by atoms with van der Waals surface area (Å²) >= 11 is 0. The van der Waals surface area contributed by atoms with Crippen molar-refractivity contribution in [2.45, 2.75) is 71.8 Å². The van der Waals surface area contributed by atoms with E-state index in [1.54, 1.807) is 7.05 Å². The van der Waals surface area contributed by atoms with Crippen LogP contribution in [-0.4, -0.2) is 24.9 Å². The van der Waals surface area contributed by atoms with Crippen LogP contribution >= 0.6 is 0 Å². The van der Waals surface area contributed by atoms with E-state index in [4.69, 9.17) is 0 Å². The topological polar surface area (TPSA) is 58.2 Å². The molecule has 0 aliphatic heterocycles. The van der Waals surface area contributed by atoms with Gasteiger partial charge < -0.3 is 10.6 Å². The second-order valence-electron chi connectivity index (χ2n) is 7.04. The lowest BCUT2D eigenvalue weighted by Gasteiger charge is -2.30. The fourth-order valence-corrected chi connectivity index (χ4v) is 2.87. The van der Waals surface area contributed by atoms with Crippen LogP contribution in [0.5, 0.6) is 0 Å². The molecule has 0 bridgehead atoms. The van der Waals surface area contributed by atoms with Gasteiger partial charge in [0, 0.05) is 13.5 Å². The highest BCUT2D eigenvalue weighted by Gasteiger charge is 2.32. The third kappa shape index (κ3) is 5.51. The summed E-state index contributed by atoms with van der Waals surface area (Å²) in [6, 6.07) is -0.467. The van der Waals surface area contributed by atoms with Gasteiger partial charge in [-0.15, -0.1) is 0 Å². The largest absolute Gasteiger partial charge is 0.357 e. The fraction of sp³-hybridized carbons (Fsp3) is 0.875. The molecule has 1 unspecified atom stereocenters. The quantitative estimate of drug-likeness (QED) is 0.779. The maximum Gasteiger partial charge on any atom is 0.242 e. The predicted octanol–water partition coefficient (Wildman–Crippen LogP) is 2.62. The lowest BCUT2D eigenvalue weighted by Crippen LogP contribution is -2.53. The zero-order chi connectivity index (χ0) is 15.2. The van der Waals surface area contributed by atoms with Gasteiger partial charge in [0.1, 0.15) is 6.04 Å². The Kier molecular flexibility index (Phi) is 6.50. The number of likely N-dealkylation sites (N-methyl/N-ethyl adjacent to an activating group) is 1. The van der Waals surface area contributed by atoms with Crippen molar-refractivity contribution < 1.29 is 9.59 Å². The van der Waals surface area contributed by atoms with E-state index in [9.17, 15) is 9.59 Å². The molecule has 4 heteroatoms. The summed E-state index contributed by atoms with van der Waals surface area (Å²) in [5.41, 5.74) is -0.279. The van der Waals surface area contributed by atoms with E-state index in [1.807, 2.05) is 20.8 Å². The number of hydrogen-bond acceptors (Lipinski definition) is 2. The Morgan fingerprint density at radius 3 is 2.10 bits per heavy atom. The third-order valence-electron chi connectivity index (χ3n) is 4.13. The molecule has 0 radical (unpaired) electrons. The minimum Gasteiger partial charge on any atom is -0.357 e. The Balaban J connectivity index is 2.55. The van der Waals surface area contributed by atoms with Gasteiger partial charge in [0.2, 0.25) is 11.8 Å². The Hall–Kier alpha value is -1.06. The van der Waals surface area contributed by atoms with E-state index < -0.39 is 6.04 Å². The standard InChI is InChI=1S/C16H30N2O2/c1-16(2,3)14(15(20)17-4)18-13(19)11-12-9-7-5-6-8-10-12/h12,14H,5-11H2,1-4H3,(H,17,20)(H,18,19). The van der Waals surface area contributed by atoms with Gasteiger partial charge in [0.25, 0.3) is 0 Å². The molecular formula is C16H30N2O2. The van der Waals surface area contributed by atoms with E-state index in [2.05, 4.69) is 10.6 Å². The zero-order valence-electron chi connectivity index (χ0n) is 13.4. The van der Waals surface area contributed by atoms with Crippen LogP contribution in [0.3, 0.4) is 0 Å². The van der Waals surface area contributed by atoms with E-state index >= 15 is 0 Å². The second-order valence-corrected chi connectivity index (χ2v) is 7.04. The van der Waals surface area contributed by atoms with Crippen molar-refractivity contribution >= 4 is 11.8 Å². The molecule has 1 aliphatic carbocycles. The van der Waals surface area contributed by atoms with Crippen molar-refractivity contribution in [2.24, 2.45) is 11.3 Å². The molecule has 2 N–H and O–H groups in total. The molecule has 116 valence electrons. The Labute approximate surface area is 123 Å². The van der Waals surface area contributed by atoms with Crippen molar-refractivity contribution in [3.63, 3.8) is 0 Å². The van der Waals surface area contributed by atoms with Crippen molar-refractivity contribution in [1.29, 1.82) is 0 Å². The molecule has 1 rings (SSSR count). The maximum absolute atomic E-state index is 12.2. The monoisotopic (exact) mass is 282 g/mol. The summed E-state index contributed by atoms with van der Waals surface area (Å²) < 4.78 is 0. The second kappa shape index (κ2) is 7.65. The summed E-state index contributed by atoms with van der Waals surface area (Å²) in [5, 5.41) is 5.56. The van der Waals surface area contributed by atoms with Gasteiger partial charge in [0.05, 0.1) is 0 Å². The first-order chi connectivity index (χ1) is 9.34. The molecule has 0 aromatic carbocycles. The van der Waals surface area contributed by atoms with Crippen LogP contribution in [0.25, 0.3) is 0 Å². The molecule has 0 heterocycles. The van der Waals surface area contributed by atoms with Crippen molar-refractivity contribution in [2.75, 3.05) is 7.05 Å². The third-order valence-corrected chi connectivity index (χ3v) is 4.13. The number of carbonyl (C=O) groups is 2. The molecule has 0 spiro atoms. The Morgan fingerprint density at radius 2 is 1.65 bits per heavy atom. The molecule has 1 fully saturated rings. The summed E-state index contributed by atoms with van der Waals surface area (Å²) in [7, 11) is 1.61. The Bertz CT molecular complexity index is 326. The van der Waals surface area contributed by atoms with E-state index in [1.165, 1.54) is 25.7 Å². The average molecular weight is 282 g/mol. The SMILES string of the molecule is CNC(=O)C(NC(=O)CC1CCCCCC1)C(C)(C)C. The molecule has 20 heavy (non-hydrogen) atoms. The van der Waals surface area contributed by atoms with Crippen LogP contribution in [0, 0.1) is 11.3 Å². The van der Waals surface area contributed by atoms with Gasteiger partial charge in [-0.3, -0.25) is 9.59 Å². The van der Waals surface area contributed by atoms with Gasteiger partial charge in [-0.2, -0.15) is 0 Å². The summed E-state index contributed by atoms with van der Waals surface area (Å²) in [5.74, 6) is 0.384. The van der Waals surface area contributed by atoms with Crippen molar-refractivity contribution in [1.82, 2.24) is 10.6 Å². The van der Waals surface area contributed by atoms with Crippen LogP contribution in [0.4, 0.5) is 0 Å². The molecule has 4 nitrogen and oxygen atoms in total. The predicted molar refractivity (Wildman–Crippen MR) is 81.3 cm³/mol. The molecule has 2 amide bonds. The summed E-state index contributed by atoms with van der Waals surface area (Å²) in [6.07, 6.45) is 7.90. The molecular weight excluding hydrogens is 252 g/mol. The van der Waals surface area contributed by atoms with Crippen molar-refractivity contribution in [3.05, 3.63) is 0 Å². The normalized spacial score (nSPS) is 19.0. The van der Waals surface area contributed by atoms with Gasteiger partial charge in [-0.1, -0.05) is 46.5 Å². The molecule has 1 aliphatic rings. The first-order valence-corrected chi connectivity index (χ1v) is 7.85. The van der Waals surface area contributed by atoms with Gasteiger partial charge >= 0.3 is 0 Å². The molecule has 0 saturated heterocycles. The number of carbonyl (C=O) groups excluding carboxylic acids is 2. The first-order valence-electron chi connectivity index (χ1n) is 7.85. The highest BCUT2D eigenvalue weighted by atomic mass is 16.2. The number of nitrogens with one attached hydrogen (secondary N) is 2. The first kappa shape index (κ1) is 17.0. The summed E-state index contributed by atoms with van der Waals surface area (Å²) in [6.45, 7) is 5.91. The molecule has 0 aromatic rings. The van der Waals surface area contributed by atoms with E-state index in [-0.39, 0.29) is 17.2 Å². The van der Waals surface area contributed by atoms with E-state index in [0.717, 1.165) is 12.8 Å². The van der Waals surface area contributed by atoms with Crippen LogP contribution < -0.4 is 10.6 Å². The molecule has 1 atom stereocenters. The lowest BCUT2D eigenvalue weighted by atomic mass is 9.85. The number of rotatable bonds is 4. The van der Waals surface area contributed by atoms with Gasteiger partial charge in [-0.05, 0) is 24.2 Å². The van der Waals surface area contributed by atoms with Crippen LogP contribution in [0.1, 0.15) is 65.7 Å². The highest BCUT2D eigenvalue weighted by molar-refractivity contribution is 5.88. The number of amides is 2. The van der Waals surface area contributed by atoms with Gasteiger partial charge in [0.15, 0.2) is 0 Å². The van der Waals surface area contributed by atoms with Crippen LogP contribution in [0.15, 0.2) is 0 Å². The lowest BCUT2D eigenvalue weighted by molar-refractivity contribution is -0.131. The highest BCUT2D eigenvalue weighted by Crippen LogP contribution is 2.26. The maximum atomic E-state index is 12.2. The Morgan fingerprint density at radius 1 is 1.10 bits per heavy atom. The van der Waals surface area contributed by atoms with E-state index in [0.29, 0.717) is 12.3 Å². The van der Waals surface area contributed by atoms with Gasteiger partial charge in [-0.25, -0.2) is 0 Å². The summed E-state index contributed by atoms with van der Waals surface area (Å²) in [4.78, 5) is 24.1. The van der Waals surface area contributed by atoms with Crippen molar-refractivity contribution in [3.8, 4) is 0 Å². The average Bonchev–Trinajstić information content (AvgIpc) is 2.62. The smallest absolute Gasteiger partial charge is 0.242 e. The number of hydrogen-bond donors (Lipinski definition) is 2. The minimum absolute atomic E-state index is 0.0143. The molecule has 1 saturated carbocycles. The zero-order valence-corrected chi connectivity index (χ0v) is 13.4.